The van der Waals surface area contributed by atoms with Crippen LogP contribution in [0, 0.1) is 20.6 Å². The Balaban J connectivity index is 1.59. The van der Waals surface area contributed by atoms with Gasteiger partial charge in [0, 0.05) is 34.5 Å². The van der Waals surface area contributed by atoms with Crippen molar-refractivity contribution in [3.63, 3.8) is 0 Å². The molecule has 4 aromatic carbocycles. The minimum atomic E-state index is -1.22. The van der Waals surface area contributed by atoms with Gasteiger partial charge in [0.1, 0.15) is 5.41 Å². The normalized spacial score (nSPS) is 18.4. The topological polar surface area (TPSA) is 72.6 Å². The molecule has 3 aliphatic rings. The van der Waals surface area contributed by atoms with Gasteiger partial charge in [0.25, 0.3) is 5.69 Å². The number of non-ortho nitro benzene ring substituents is 1. The van der Waals surface area contributed by atoms with Crippen molar-refractivity contribution in [3.05, 3.63) is 144 Å². The quantitative estimate of drug-likeness (QED) is 0.136. The first kappa shape index (κ1) is 24.5. The highest BCUT2D eigenvalue weighted by Crippen LogP contribution is 2.41. The summed E-state index contributed by atoms with van der Waals surface area (Å²) in [5.41, 5.74) is 2.98. The maximum Gasteiger partial charge on any atom is 0.269 e. The average molecular weight is 541 g/mol. The second kappa shape index (κ2) is 9.57. The van der Waals surface area contributed by atoms with Gasteiger partial charge < -0.3 is 0 Å². The Morgan fingerprint density at radius 1 is 0.875 bits per heavy atom. The van der Waals surface area contributed by atoms with Crippen LogP contribution in [0.15, 0.2) is 100 Å². The molecular weight excluding hydrogens is 516 g/mol. The van der Waals surface area contributed by atoms with Crippen LogP contribution in [0.4, 0.5) is 5.69 Å². The van der Waals surface area contributed by atoms with E-state index < -0.39 is 10.3 Å². The Labute approximate surface area is 234 Å². The number of nitro groups is 1. The van der Waals surface area contributed by atoms with Crippen LogP contribution in [0.5, 0.6) is 0 Å². The molecule has 0 amide bonds. The van der Waals surface area contributed by atoms with Crippen molar-refractivity contribution >= 4 is 47.4 Å². The van der Waals surface area contributed by atoms with Gasteiger partial charge in [-0.3, -0.25) is 14.9 Å². The minimum Gasteiger partial charge on any atom is -0.292 e. The van der Waals surface area contributed by atoms with Crippen LogP contribution in [0.25, 0.3) is 18.2 Å². The number of ketones is 1. The highest BCUT2D eigenvalue weighted by atomic mass is 32.2. The zero-order valence-corrected chi connectivity index (χ0v) is 22.4. The summed E-state index contributed by atoms with van der Waals surface area (Å²) in [4.78, 5) is 27.0. The number of benzene rings is 4. The maximum atomic E-state index is 15.0. The monoisotopic (exact) mass is 540 g/mol. The fourth-order valence-electron chi connectivity index (χ4n) is 6.17. The molecule has 0 bridgehead atoms. The zero-order valence-electron chi connectivity index (χ0n) is 21.5. The largest absolute Gasteiger partial charge is 0.292 e. The van der Waals surface area contributed by atoms with E-state index in [0.717, 1.165) is 56.2 Å². The number of hydrogen-bond donors (Lipinski definition) is 0. The number of carbonyl (C=O) groups excluding carboxylic acids is 1. The Bertz CT molecular complexity index is 2010. The van der Waals surface area contributed by atoms with E-state index >= 15 is 4.79 Å². The number of allylic oxidation sites excluding steroid dienone is 1. The van der Waals surface area contributed by atoms with Crippen molar-refractivity contribution in [2.45, 2.75) is 29.6 Å². The smallest absolute Gasteiger partial charge is 0.269 e. The summed E-state index contributed by atoms with van der Waals surface area (Å²) in [6.45, 7) is 0. The molecule has 7 rings (SSSR count). The summed E-state index contributed by atoms with van der Waals surface area (Å²) < 4.78 is 5.05. The first-order valence-corrected chi connectivity index (χ1v) is 14.1. The van der Waals surface area contributed by atoms with Gasteiger partial charge >= 0.3 is 0 Å². The molecule has 1 unspecified atom stereocenters. The van der Waals surface area contributed by atoms with Gasteiger partial charge in [-0.2, -0.15) is 0 Å². The Hall–Kier alpha value is -4.55. The summed E-state index contributed by atoms with van der Waals surface area (Å²) >= 11 is 1.38. The third-order valence-corrected chi connectivity index (χ3v) is 8.90. The summed E-state index contributed by atoms with van der Waals surface area (Å²) in [5.74, 6) is -0.146. The predicted molar refractivity (Wildman–Crippen MR) is 160 cm³/mol. The Morgan fingerprint density at radius 3 is 2.52 bits per heavy atom. The lowest BCUT2D eigenvalue weighted by Gasteiger charge is -2.35. The second-order valence-electron chi connectivity index (χ2n) is 10.3. The molecule has 4 aromatic rings. The van der Waals surface area contributed by atoms with Crippen molar-refractivity contribution in [2.24, 2.45) is 4.40 Å². The number of fused-ring (bicyclic) bond motifs is 5. The molecule has 40 heavy (non-hydrogen) atoms. The van der Waals surface area contributed by atoms with Crippen molar-refractivity contribution in [1.82, 2.24) is 0 Å². The van der Waals surface area contributed by atoms with Crippen LogP contribution in [0.3, 0.4) is 0 Å². The third kappa shape index (κ3) is 3.79. The number of hydrogen-bond acceptors (Lipinski definition) is 5. The minimum absolute atomic E-state index is 0.0475. The molecular formula is C34H24N2O3S. The maximum absolute atomic E-state index is 15.0. The summed E-state index contributed by atoms with van der Waals surface area (Å²) in [7, 11) is 0. The Morgan fingerprint density at radius 2 is 1.68 bits per heavy atom. The number of Topliss-reactive ketones (excluding diaryl/α,β-unsaturated/α-hetero) is 1. The third-order valence-electron chi connectivity index (χ3n) is 8.05. The lowest BCUT2D eigenvalue weighted by molar-refractivity contribution is -0.384. The first-order chi connectivity index (χ1) is 19.6. The highest BCUT2D eigenvalue weighted by molar-refractivity contribution is 7.98. The van der Waals surface area contributed by atoms with E-state index in [2.05, 4.69) is 30.4 Å². The second-order valence-corrected chi connectivity index (χ2v) is 11.1. The van der Waals surface area contributed by atoms with Crippen LogP contribution in [-0.2, 0) is 11.8 Å². The van der Waals surface area contributed by atoms with Gasteiger partial charge in [0.05, 0.1) is 10.6 Å². The molecule has 1 atom stereocenters. The van der Waals surface area contributed by atoms with Crippen molar-refractivity contribution in [1.29, 1.82) is 0 Å². The van der Waals surface area contributed by atoms with E-state index in [1.54, 1.807) is 12.1 Å². The lowest BCUT2D eigenvalue weighted by Crippen LogP contribution is -2.46. The molecule has 2 aliphatic carbocycles. The molecule has 0 spiro atoms. The molecule has 194 valence electrons. The predicted octanol–water partition coefficient (Wildman–Crippen LogP) is 6.09. The van der Waals surface area contributed by atoms with E-state index in [4.69, 9.17) is 4.40 Å². The van der Waals surface area contributed by atoms with Gasteiger partial charge in [-0.15, -0.1) is 0 Å². The van der Waals surface area contributed by atoms with E-state index in [-0.39, 0.29) is 11.5 Å². The van der Waals surface area contributed by atoms with E-state index in [0.29, 0.717) is 11.3 Å². The molecule has 0 saturated heterocycles. The van der Waals surface area contributed by atoms with Gasteiger partial charge in [0.2, 0.25) is 0 Å². The van der Waals surface area contributed by atoms with Crippen LogP contribution >= 0.6 is 11.9 Å². The standard InChI is InChI=1S/C34H24N2O3S/c37-33(24-13-17-26(18-14-24)36(38)39)34(31-20-16-23-8-3-6-12-30(23)40-35-31)21-25-9-2-4-10-27(25)29-19-15-22-7-1-5-11-28(22)32(29)34/h2-4,6-10,12-21H,1,5,11H2. The SMILES string of the molecule is O=C(c1ccc([N+](=O)[O-])cc1)C1(C2=NSc3ccccc3C=C2)C=c2ccccc2=c2ccc3c(c21)CCCC=3. The summed E-state index contributed by atoms with van der Waals surface area (Å²) in [5, 5.41) is 15.6. The fraction of sp³-hybridized carbons (Fsp3) is 0.118. The van der Waals surface area contributed by atoms with Gasteiger partial charge in [-0.1, -0.05) is 72.8 Å². The fourth-order valence-corrected chi connectivity index (χ4v) is 6.95. The molecule has 5 nitrogen and oxygen atoms in total. The molecule has 0 N–H and O–H groups in total. The van der Waals surface area contributed by atoms with Gasteiger partial charge in [-0.25, -0.2) is 4.40 Å². The van der Waals surface area contributed by atoms with E-state index in [9.17, 15) is 10.1 Å². The first-order valence-electron chi connectivity index (χ1n) is 13.3. The molecule has 0 radical (unpaired) electrons. The lowest BCUT2D eigenvalue weighted by atomic mass is 9.65. The Kier molecular flexibility index (Phi) is 5.86. The molecule has 0 saturated carbocycles. The number of carbonyl (C=O) groups is 1. The summed E-state index contributed by atoms with van der Waals surface area (Å²) in [6, 6.07) is 26.5. The molecule has 0 aromatic heterocycles. The van der Waals surface area contributed by atoms with Crippen LogP contribution in [-0.4, -0.2) is 16.4 Å². The summed E-state index contributed by atoms with van der Waals surface area (Å²) in [6.07, 6.45) is 11.2. The van der Waals surface area contributed by atoms with Crippen LogP contribution in [0.1, 0.15) is 39.9 Å². The zero-order chi connectivity index (χ0) is 27.3. The molecule has 6 heteroatoms. The number of rotatable bonds is 4. The number of nitrogens with zero attached hydrogens (tertiary/aromatic N) is 2. The van der Waals surface area contributed by atoms with Crippen molar-refractivity contribution in [3.8, 4) is 0 Å². The van der Waals surface area contributed by atoms with E-state index in [1.807, 2.05) is 54.6 Å². The number of nitro benzene ring substituents is 1. The van der Waals surface area contributed by atoms with Gasteiger partial charge in [-0.05, 0) is 81.1 Å². The van der Waals surface area contributed by atoms with Crippen LogP contribution < -0.4 is 10.4 Å². The highest BCUT2D eigenvalue weighted by Gasteiger charge is 2.46. The van der Waals surface area contributed by atoms with Crippen molar-refractivity contribution in [2.75, 3.05) is 0 Å². The molecule has 1 aliphatic heterocycles. The van der Waals surface area contributed by atoms with Crippen molar-refractivity contribution < 1.29 is 9.72 Å². The molecule has 1 heterocycles. The average Bonchev–Trinajstić information content (AvgIpc) is 3.23. The van der Waals surface area contributed by atoms with Crippen LogP contribution in [0.2, 0.25) is 0 Å². The molecule has 0 fully saturated rings. The van der Waals surface area contributed by atoms with E-state index in [1.165, 1.54) is 29.6 Å². The van der Waals surface area contributed by atoms with Gasteiger partial charge in [0.15, 0.2) is 5.78 Å².